The van der Waals surface area contributed by atoms with Gasteiger partial charge in [0.1, 0.15) is 0 Å². The lowest BCUT2D eigenvalue weighted by Gasteiger charge is -2.36. The maximum atomic E-state index is 12.9. The molecule has 8 heteroatoms. The van der Waals surface area contributed by atoms with E-state index in [0.717, 1.165) is 37.3 Å². The molecule has 0 aromatic heterocycles. The molecule has 0 spiro atoms. The number of amides is 1. The summed E-state index contributed by atoms with van der Waals surface area (Å²) in [7, 11) is -3.69. The Labute approximate surface area is 214 Å². The summed E-state index contributed by atoms with van der Waals surface area (Å²) in [5.74, 6) is 0.0302. The first kappa shape index (κ1) is 25.9. The van der Waals surface area contributed by atoms with Gasteiger partial charge in [0.2, 0.25) is 0 Å². The summed E-state index contributed by atoms with van der Waals surface area (Å²) in [6.45, 7) is 8.81. The molecule has 1 heterocycles. The van der Waals surface area contributed by atoms with Gasteiger partial charge in [-0.3, -0.25) is 14.4 Å². The zero-order valence-electron chi connectivity index (χ0n) is 20.9. The Morgan fingerprint density at radius 1 is 0.917 bits per heavy atom. The van der Waals surface area contributed by atoms with Crippen LogP contribution in [0.3, 0.4) is 0 Å². The third kappa shape index (κ3) is 5.95. The van der Waals surface area contributed by atoms with Crippen LogP contribution in [0.2, 0.25) is 0 Å². The minimum Gasteiger partial charge on any atom is -0.339 e. The van der Waals surface area contributed by atoms with E-state index in [1.54, 1.807) is 36.4 Å². The summed E-state index contributed by atoms with van der Waals surface area (Å²) in [4.78, 5) is 17.2. The van der Waals surface area contributed by atoms with Crippen molar-refractivity contribution in [1.29, 1.82) is 0 Å². The fourth-order valence-corrected chi connectivity index (χ4v) is 5.71. The second kappa shape index (κ2) is 11.7. The van der Waals surface area contributed by atoms with Gasteiger partial charge in [0.05, 0.1) is 10.9 Å². The Morgan fingerprint density at radius 3 is 2.22 bits per heavy atom. The molecule has 36 heavy (non-hydrogen) atoms. The van der Waals surface area contributed by atoms with E-state index in [9.17, 15) is 13.2 Å². The molecule has 1 saturated heterocycles. The first-order valence-electron chi connectivity index (χ1n) is 12.4. The van der Waals surface area contributed by atoms with E-state index in [2.05, 4.69) is 14.9 Å². The molecule has 3 aromatic rings. The molecule has 1 aliphatic heterocycles. The molecular formula is C28H34N4O3S. The second-order valence-electron chi connectivity index (χ2n) is 8.83. The Morgan fingerprint density at radius 2 is 1.58 bits per heavy atom. The fraction of sp³-hybridized carbons (Fsp3) is 0.321. The van der Waals surface area contributed by atoms with E-state index in [0.29, 0.717) is 24.3 Å². The highest BCUT2D eigenvalue weighted by molar-refractivity contribution is 7.92. The predicted molar refractivity (Wildman–Crippen MR) is 144 cm³/mol. The highest BCUT2D eigenvalue weighted by Crippen LogP contribution is 2.31. The lowest BCUT2D eigenvalue weighted by atomic mass is 9.95. The predicted octanol–water partition coefficient (Wildman–Crippen LogP) is 3.96. The maximum absolute atomic E-state index is 12.9. The molecule has 1 aliphatic rings. The summed E-state index contributed by atoms with van der Waals surface area (Å²) in [6, 6.07) is 23.7. The normalized spacial score (nSPS) is 15.3. The highest BCUT2D eigenvalue weighted by Gasteiger charge is 2.25. The molecule has 0 bridgehead atoms. The van der Waals surface area contributed by atoms with Crippen molar-refractivity contribution in [3.8, 4) is 0 Å². The summed E-state index contributed by atoms with van der Waals surface area (Å²) in [6.07, 6.45) is 0. The summed E-state index contributed by atoms with van der Waals surface area (Å²) < 4.78 is 28.5. The number of anilines is 1. The molecule has 1 fully saturated rings. The number of hydrogen-bond acceptors (Lipinski definition) is 5. The van der Waals surface area contributed by atoms with Crippen molar-refractivity contribution in [3.05, 3.63) is 95.6 Å². The molecule has 0 saturated carbocycles. The summed E-state index contributed by atoms with van der Waals surface area (Å²) >= 11 is 0. The van der Waals surface area contributed by atoms with E-state index in [1.165, 1.54) is 0 Å². The Kier molecular flexibility index (Phi) is 8.40. The van der Waals surface area contributed by atoms with Crippen LogP contribution in [0.15, 0.2) is 83.8 Å². The van der Waals surface area contributed by atoms with Crippen LogP contribution < -0.4 is 10.0 Å². The molecule has 0 radical (unpaired) electrons. The Hall–Kier alpha value is -3.20. The number of nitrogens with one attached hydrogen (secondary N) is 2. The lowest BCUT2D eigenvalue weighted by molar-refractivity contribution is 0.0773. The minimum absolute atomic E-state index is 0.0302. The van der Waals surface area contributed by atoms with Gasteiger partial charge in [-0.2, -0.15) is 0 Å². The van der Waals surface area contributed by atoms with Crippen molar-refractivity contribution in [2.75, 3.05) is 44.0 Å². The zero-order valence-corrected chi connectivity index (χ0v) is 21.7. The van der Waals surface area contributed by atoms with Crippen molar-refractivity contribution in [2.24, 2.45) is 0 Å². The SMILES string of the molecule is CCN(CC)C(=O)c1ccc(C(c2cccc(NS(=O)(=O)c3ccccc3)c2)N2CCNCC2)cc1. The van der Waals surface area contributed by atoms with Crippen molar-refractivity contribution < 1.29 is 13.2 Å². The van der Waals surface area contributed by atoms with Crippen molar-refractivity contribution in [1.82, 2.24) is 15.1 Å². The monoisotopic (exact) mass is 506 g/mol. The van der Waals surface area contributed by atoms with E-state index >= 15 is 0 Å². The van der Waals surface area contributed by atoms with E-state index in [-0.39, 0.29) is 16.8 Å². The van der Waals surface area contributed by atoms with Crippen LogP contribution in [0, 0.1) is 0 Å². The van der Waals surface area contributed by atoms with E-state index in [1.807, 2.05) is 61.2 Å². The molecule has 190 valence electrons. The van der Waals surface area contributed by atoms with Gasteiger partial charge in [-0.15, -0.1) is 0 Å². The standard InChI is InChI=1S/C28H34N4O3S/c1-3-31(4-2)28(33)23-15-13-22(14-16-23)27(32-19-17-29-18-20-32)24-9-8-10-25(21-24)30-36(34,35)26-11-6-5-7-12-26/h5-16,21,27,29-30H,3-4,17-20H2,1-2H3. The average Bonchev–Trinajstić information content (AvgIpc) is 2.91. The van der Waals surface area contributed by atoms with Crippen LogP contribution in [0.5, 0.6) is 0 Å². The van der Waals surface area contributed by atoms with Crippen molar-refractivity contribution in [3.63, 3.8) is 0 Å². The molecule has 1 amide bonds. The molecule has 7 nitrogen and oxygen atoms in total. The Bertz CT molecular complexity index is 1250. The van der Waals surface area contributed by atoms with Gasteiger partial charge < -0.3 is 10.2 Å². The number of sulfonamides is 1. The number of benzene rings is 3. The van der Waals surface area contributed by atoms with Gasteiger partial charge >= 0.3 is 0 Å². The van der Waals surface area contributed by atoms with Crippen molar-refractivity contribution in [2.45, 2.75) is 24.8 Å². The topological polar surface area (TPSA) is 81.8 Å². The first-order chi connectivity index (χ1) is 17.4. The van der Waals surface area contributed by atoms with Crippen LogP contribution >= 0.6 is 0 Å². The molecular weight excluding hydrogens is 472 g/mol. The fourth-order valence-electron chi connectivity index (χ4n) is 4.64. The summed E-state index contributed by atoms with van der Waals surface area (Å²) in [5.41, 5.74) is 3.25. The largest absolute Gasteiger partial charge is 0.339 e. The molecule has 2 N–H and O–H groups in total. The number of hydrogen-bond donors (Lipinski definition) is 2. The van der Waals surface area contributed by atoms with Gasteiger partial charge in [0.15, 0.2) is 0 Å². The van der Waals surface area contributed by atoms with Gasteiger partial charge in [0, 0.05) is 50.5 Å². The highest BCUT2D eigenvalue weighted by atomic mass is 32.2. The van der Waals surface area contributed by atoms with E-state index in [4.69, 9.17) is 0 Å². The number of piperazine rings is 1. The van der Waals surface area contributed by atoms with Gasteiger partial charge in [-0.25, -0.2) is 8.42 Å². The number of carbonyl (C=O) groups is 1. The van der Waals surface area contributed by atoms with Gasteiger partial charge in [-0.05, 0) is 61.4 Å². The third-order valence-electron chi connectivity index (χ3n) is 6.55. The molecule has 4 rings (SSSR count). The smallest absolute Gasteiger partial charge is 0.261 e. The summed E-state index contributed by atoms with van der Waals surface area (Å²) in [5, 5.41) is 3.40. The van der Waals surface area contributed by atoms with Crippen LogP contribution in [0.4, 0.5) is 5.69 Å². The number of nitrogens with zero attached hydrogens (tertiary/aromatic N) is 2. The molecule has 1 atom stereocenters. The third-order valence-corrected chi connectivity index (χ3v) is 7.95. The van der Waals surface area contributed by atoms with Crippen LogP contribution in [-0.2, 0) is 10.0 Å². The Balaban J connectivity index is 1.65. The molecule has 1 unspecified atom stereocenters. The zero-order chi connectivity index (χ0) is 25.5. The first-order valence-corrected chi connectivity index (χ1v) is 13.9. The maximum Gasteiger partial charge on any atom is 0.261 e. The van der Waals surface area contributed by atoms with E-state index < -0.39 is 10.0 Å². The van der Waals surface area contributed by atoms with Crippen molar-refractivity contribution >= 4 is 21.6 Å². The lowest BCUT2D eigenvalue weighted by Crippen LogP contribution is -2.45. The van der Waals surface area contributed by atoms with Gasteiger partial charge in [-0.1, -0.05) is 42.5 Å². The van der Waals surface area contributed by atoms with Crippen LogP contribution in [-0.4, -0.2) is 63.4 Å². The molecule has 0 aliphatic carbocycles. The average molecular weight is 507 g/mol. The second-order valence-corrected chi connectivity index (χ2v) is 10.5. The number of carbonyl (C=O) groups excluding carboxylic acids is 1. The quantitative estimate of drug-likeness (QED) is 0.459. The van der Waals surface area contributed by atoms with Crippen LogP contribution in [0.1, 0.15) is 41.4 Å². The minimum atomic E-state index is -3.69. The number of rotatable bonds is 9. The molecule has 3 aromatic carbocycles. The van der Waals surface area contributed by atoms with Crippen LogP contribution in [0.25, 0.3) is 0 Å². The van der Waals surface area contributed by atoms with Gasteiger partial charge in [0.25, 0.3) is 15.9 Å².